The number of aliphatic hydroxyl groups is 1. The number of nitrogens with one attached hydrogen (secondary N) is 1. The molecule has 1 aliphatic heterocycles. The molecular formula is C15H21FN2O2. The Morgan fingerprint density at radius 2 is 2.15 bits per heavy atom. The lowest BCUT2D eigenvalue weighted by Gasteiger charge is -2.31. The van der Waals surface area contributed by atoms with Crippen LogP contribution in [0.15, 0.2) is 24.3 Å². The van der Waals surface area contributed by atoms with Gasteiger partial charge in [0.05, 0.1) is 0 Å². The molecule has 1 aliphatic rings. The van der Waals surface area contributed by atoms with Crippen LogP contribution in [0.25, 0.3) is 0 Å². The number of carbonyl (C=O) groups excluding carboxylic acids is 1. The van der Waals surface area contributed by atoms with Gasteiger partial charge in [-0.3, -0.25) is 4.79 Å². The van der Waals surface area contributed by atoms with Gasteiger partial charge in [-0.1, -0.05) is 0 Å². The Hall–Kier alpha value is -1.46. The van der Waals surface area contributed by atoms with Crippen molar-refractivity contribution in [3.05, 3.63) is 30.1 Å². The van der Waals surface area contributed by atoms with Crippen LogP contribution >= 0.6 is 0 Å². The van der Waals surface area contributed by atoms with Crippen LogP contribution in [-0.2, 0) is 4.79 Å². The highest BCUT2D eigenvalue weighted by atomic mass is 19.1. The molecule has 1 saturated heterocycles. The van der Waals surface area contributed by atoms with E-state index >= 15 is 0 Å². The predicted octanol–water partition coefficient (Wildman–Crippen LogP) is 1.86. The number of likely N-dealkylation sites (tertiary alicyclic amines) is 1. The van der Waals surface area contributed by atoms with E-state index in [1.54, 1.807) is 12.1 Å². The molecule has 0 aliphatic carbocycles. The van der Waals surface area contributed by atoms with Gasteiger partial charge >= 0.3 is 0 Å². The van der Waals surface area contributed by atoms with Crippen molar-refractivity contribution in [2.24, 2.45) is 5.92 Å². The number of halogens is 1. The molecule has 20 heavy (non-hydrogen) atoms. The van der Waals surface area contributed by atoms with Crippen molar-refractivity contribution in [3.63, 3.8) is 0 Å². The van der Waals surface area contributed by atoms with Gasteiger partial charge in [-0.15, -0.1) is 0 Å². The molecule has 5 heteroatoms. The quantitative estimate of drug-likeness (QED) is 0.865. The summed E-state index contributed by atoms with van der Waals surface area (Å²) in [5.41, 5.74) is 0.614. The molecule has 1 aromatic rings. The minimum absolute atomic E-state index is 0.0669. The summed E-state index contributed by atoms with van der Waals surface area (Å²) in [6.07, 6.45) is 2.55. The standard InChI is InChI=1S/C15H21FN2O2/c16-13-3-5-14(6-4-13)17-15(20)7-9-18-8-1-2-12(10-18)11-19/h3-6,12,19H,1-2,7-11H2,(H,17,20). The Kier molecular flexibility index (Phi) is 5.49. The third-order valence-corrected chi connectivity index (χ3v) is 3.64. The van der Waals surface area contributed by atoms with Crippen molar-refractivity contribution in [2.75, 3.05) is 31.6 Å². The highest BCUT2D eigenvalue weighted by Crippen LogP contribution is 2.16. The molecule has 1 heterocycles. The number of hydrogen-bond donors (Lipinski definition) is 2. The summed E-state index contributed by atoms with van der Waals surface area (Å²) in [5.74, 6) is -0.0435. The topological polar surface area (TPSA) is 52.6 Å². The van der Waals surface area contributed by atoms with Crippen molar-refractivity contribution < 1.29 is 14.3 Å². The lowest BCUT2D eigenvalue weighted by molar-refractivity contribution is -0.116. The van der Waals surface area contributed by atoms with Crippen molar-refractivity contribution in [2.45, 2.75) is 19.3 Å². The summed E-state index contributed by atoms with van der Waals surface area (Å²) < 4.78 is 12.7. The molecule has 1 amide bonds. The molecular weight excluding hydrogens is 259 g/mol. The first kappa shape index (κ1) is 14.9. The van der Waals surface area contributed by atoms with E-state index in [9.17, 15) is 9.18 Å². The fourth-order valence-corrected chi connectivity index (χ4v) is 2.52. The monoisotopic (exact) mass is 280 g/mol. The van der Waals surface area contributed by atoms with Crippen molar-refractivity contribution in [1.29, 1.82) is 0 Å². The summed E-state index contributed by atoms with van der Waals surface area (Å²) >= 11 is 0. The van der Waals surface area contributed by atoms with Crippen LogP contribution in [0, 0.1) is 11.7 Å². The maximum atomic E-state index is 12.7. The van der Waals surface area contributed by atoms with E-state index in [-0.39, 0.29) is 18.3 Å². The summed E-state index contributed by atoms with van der Waals surface area (Å²) in [4.78, 5) is 14.0. The van der Waals surface area contributed by atoms with E-state index in [1.165, 1.54) is 12.1 Å². The van der Waals surface area contributed by atoms with E-state index in [0.29, 0.717) is 24.6 Å². The van der Waals surface area contributed by atoms with Gasteiger partial charge in [-0.25, -0.2) is 4.39 Å². The van der Waals surface area contributed by atoms with Crippen molar-refractivity contribution >= 4 is 11.6 Å². The summed E-state index contributed by atoms with van der Waals surface area (Å²) in [5, 5.41) is 11.9. The lowest BCUT2D eigenvalue weighted by Crippen LogP contribution is -2.38. The van der Waals surface area contributed by atoms with Crippen LogP contribution < -0.4 is 5.32 Å². The molecule has 0 bridgehead atoms. The fourth-order valence-electron chi connectivity index (χ4n) is 2.52. The lowest BCUT2D eigenvalue weighted by atomic mass is 9.99. The van der Waals surface area contributed by atoms with Crippen LogP contribution in [0.5, 0.6) is 0 Å². The van der Waals surface area contributed by atoms with Gasteiger partial charge in [0.2, 0.25) is 5.91 Å². The molecule has 1 atom stereocenters. The SMILES string of the molecule is O=C(CCN1CCCC(CO)C1)Nc1ccc(F)cc1. The minimum Gasteiger partial charge on any atom is -0.396 e. The van der Waals surface area contributed by atoms with Gasteiger partial charge in [-0.05, 0) is 49.6 Å². The zero-order valence-electron chi connectivity index (χ0n) is 11.5. The van der Waals surface area contributed by atoms with Gasteiger partial charge in [0, 0.05) is 31.8 Å². The third kappa shape index (κ3) is 4.58. The molecule has 1 aromatic carbocycles. The molecule has 0 aromatic heterocycles. The number of hydrogen-bond acceptors (Lipinski definition) is 3. The third-order valence-electron chi connectivity index (χ3n) is 3.64. The number of benzene rings is 1. The Labute approximate surface area is 118 Å². The number of rotatable bonds is 5. The number of amides is 1. The van der Waals surface area contributed by atoms with E-state index in [2.05, 4.69) is 10.2 Å². The molecule has 1 fully saturated rings. The normalized spacial score (nSPS) is 19.8. The molecule has 4 nitrogen and oxygen atoms in total. The first-order valence-electron chi connectivity index (χ1n) is 7.06. The first-order valence-corrected chi connectivity index (χ1v) is 7.06. The summed E-state index contributed by atoms with van der Waals surface area (Å²) in [6, 6.07) is 5.75. The Morgan fingerprint density at radius 1 is 1.40 bits per heavy atom. The van der Waals surface area contributed by atoms with Gasteiger partial charge in [0.25, 0.3) is 0 Å². The molecule has 0 saturated carbocycles. The number of piperidine rings is 1. The van der Waals surface area contributed by atoms with E-state index in [0.717, 1.165) is 25.9 Å². The largest absolute Gasteiger partial charge is 0.396 e. The van der Waals surface area contributed by atoms with Crippen LogP contribution in [0.2, 0.25) is 0 Å². The predicted molar refractivity (Wildman–Crippen MR) is 75.9 cm³/mol. The molecule has 0 spiro atoms. The second-order valence-corrected chi connectivity index (χ2v) is 5.30. The Morgan fingerprint density at radius 3 is 2.85 bits per heavy atom. The van der Waals surface area contributed by atoms with Gasteiger partial charge in [-0.2, -0.15) is 0 Å². The van der Waals surface area contributed by atoms with Gasteiger partial charge < -0.3 is 15.3 Å². The molecule has 0 radical (unpaired) electrons. The maximum absolute atomic E-state index is 12.7. The van der Waals surface area contributed by atoms with Crippen LogP contribution in [0.1, 0.15) is 19.3 Å². The number of nitrogens with zero attached hydrogens (tertiary/aromatic N) is 1. The Balaban J connectivity index is 1.73. The average molecular weight is 280 g/mol. The average Bonchev–Trinajstić information content (AvgIpc) is 2.48. The highest BCUT2D eigenvalue weighted by molar-refractivity contribution is 5.90. The highest BCUT2D eigenvalue weighted by Gasteiger charge is 2.19. The molecule has 2 rings (SSSR count). The maximum Gasteiger partial charge on any atom is 0.225 e. The smallest absolute Gasteiger partial charge is 0.225 e. The van der Waals surface area contributed by atoms with Crippen LogP contribution in [0.3, 0.4) is 0 Å². The first-order chi connectivity index (χ1) is 9.67. The second-order valence-electron chi connectivity index (χ2n) is 5.30. The number of anilines is 1. The summed E-state index contributed by atoms with van der Waals surface area (Å²) in [6.45, 7) is 2.77. The molecule has 2 N–H and O–H groups in total. The second kappa shape index (κ2) is 7.36. The van der Waals surface area contributed by atoms with Crippen LogP contribution in [0.4, 0.5) is 10.1 Å². The Bertz CT molecular complexity index is 436. The van der Waals surface area contributed by atoms with Crippen molar-refractivity contribution in [1.82, 2.24) is 4.90 Å². The fraction of sp³-hybridized carbons (Fsp3) is 0.533. The summed E-state index contributed by atoms with van der Waals surface area (Å²) in [7, 11) is 0. The number of carbonyl (C=O) groups is 1. The number of aliphatic hydroxyl groups excluding tert-OH is 1. The van der Waals surface area contributed by atoms with E-state index < -0.39 is 0 Å². The van der Waals surface area contributed by atoms with E-state index in [4.69, 9.17) is 5.11 Å². The van der Waals surface area contributed by atoms with Gasteiger partial charge in [0.1, 0.15) is 5.82 Å². The van der Waals surface area contributed by atoms with Gasteiger partial charge in [0.15, 0.2) is 0 Å². The zero-order valence-corrected chi connectivity index (χ0v) is 11.5. The van der Waals surface area contributed by atoms with Crippen LogP contribution in [-0.4, -0.2) is 42.2 Å². The zero-order chi connectivity index (χ0) is 14.4. The molecule has 110 valence electrons. The van der Waals surface area contributed by atoms with Crippen molar-refractivity contribution in [3.8, 4) is 0 Å². The minimum atomic E-state index is -0.314. The molecule has 1 unspecified atom stereocenters. The van der Waals surface area contributed by atoms with E-state index in [1.807, 2.05) is 0 Å².